The summed E-state index contributed by atoms with van der Waals surface area (Å²) in [6, 6.07) is 15.8. The van der Waals surface area contributed by atoms with E-state index in [0.717, 1.165) is 35.0 Å². The minimum absolute atomic E-state index is 0.0678. The Morgan fingerprint density at radius 2 is 1.62 bits per heavy atom. The van der Waals surface area contributed by atoms with Gasteiger partial charge < -0.3 is 19.9 Å². The lowest BCUT2D eigenvalue weighted by atomic mass is 10.0. The lowest BCUT2D eigenvalue weighted by Gasteiger charge is -2.34. The molecule has 37 heavy (non-hydrogen) atoms. The Balaban J connectivity index is 1.29. The molecule has 5 rings (SSSR count). The number of nitrogens with zero attached hydrogens (tertiary/aromatic N) is 3. The molecule has 0 atom stereocenters. The van der Waals surface area contributed by atoms with Gasteiger partial charge in [0.2, 0.25) is 10.0 Å². The van der Waals surface area contributed by atoms with Crippen LogP contribution in [0.4, 0.5) is 17.1 Å². The van der Waals surface area contributed by atoms with Crippen LogP contribution in [0.25, 0.3) is 10.6 Å². The van der Waals surface area contributed by atoms with E-state index in [-0.39, 0.29) is 11.9 Å². The molecular weight excluding hydrogens is 510 g/mol. The van der Waals surface area contributed by atoms with Crippen molar-refractivity contribution in [3.8, 4) is 10.6 Å². The van der Waals surface area contributed by atoms with E-state index in [1.165, 1.54) is 17.6 Å². The van der Waals surface area contributed by atoms with Crippen LogP contribution in [0, 0.1) is 0 Å². The van der Waals surface area contributed by atoms with Crippen molar-refractivity contribution in [2.75, 3.05) is 60.8 Å². The van der Waals surface area contributed by atoms with E-state index < -0.39 is 10.0 Å². The van der Waals surface area contributed by atoms with Gasteiger partial charge in [-0.15, -0.1) is 11.3 Å². The first kappa shape index (κ1) is 25.7. The summed E-state index contributed by atoms with van der Waals surface area (Å²) in [6.07, 6.45) is 2.59. The zero-order chi connectivity index (χ0) is 25.8. The third kappa shape index (κ3) is 6.30. The molecule has 2 aliphatic rings. The Labute approximate surface area is 221 Å². The highest BCUT2D eigenvalue weighted by molar-refractivity contribution is 7.88. The third-order valence-corrected chi connectivity index (χ3v) is 8.23. The second kappa shape index (κ2) is 11.2. The number of rotatable bonds is 7. The van der Waals surface area contributed by atoms with Gasteiger partial charge in [0.25, 0.3) is 5.91 Å². The Bertz CT molecular complexity index is 1350. The molecule has 11 heteroatoms. The first-order valence-corrected chi connectivity index (χ1v) is 15.1. The summed E-state index contributed by atoms with van der Waals surface area (Å²) < 4.78 is 31.3. The van der Waals surface area contributed by atoms with Gasteiger partial charge >= 0.3 is 0 Å². The van der Waals surface area contributed by atoms with Crippen molar-refractivity contribution < 1.29 is 17.9 Å². The Kier molecular flexibility index (Phi) is 7.75. The molecule has 3 aromatic rings. The molecule has 2 aliphatic heterocycles. The topological polar surface area (TPSA) is 104 Å². The lowest BCUT2D eigenvalue weighted by Crippen LogP contribution is -2.44. The van der Waals surface area contributed by atoms with Crippen molar-refractivity contribution in [1.29, 1.82) is 0 Å². The SMILES string of the molecule is CS(=O)(=O)NC1CCN(c2ccccc2NC(=O)c2csc(-c3ccccc3N3CCOCC3)n2)CC1. The molecule has 2 N–H and O–H groups in total. The van der Waals surface area contributed by atoms with Crippen molar-refractivity contribution in [1.82, 2.24) is 9.71 Å². The van der Waals surface area contributed by atoms with E-state index in [2.05, 4.69) is 30.9 Å². The minimum atomic E-state index is -3.23. The molecule has 0 aliphatic carbocycles. The fraction of sp³-hybridized carbons (Fsp3) is 0.385. The van der Waals surface area contributed by atoms with E-state index in [1.54, 1.807) is 5.38 Å². The quantitative estimate of drug-likeness (QED) is 0.472. The number of hydrogen-bond acceptors (Lipinski definition) is 8. The Hall–Kier alpha value is -2.99. The first-order chi connectivity index (χ1) is 17.9. The van der Waals surface area contributed by atoms with Gasteiger partial charge in [-0.1, -0.05) is 24.3 Å². The van der Waals surface area contributed by atoms with Crippen LogP contribution in [0.3, 0.4) is 0 Å². The van der Waals surface area contributed by atoms with E-state index in [1.807, 2.05) is 42.5 Å². The number of carbonyl (C=O) groups excluding carboxylic acids is 1. The highest BCUT2D eigenvalue weighted by Crippen LogP contribution is 2.34. The predicted molar refractivity (Wildman–Crippen MR) is 148 cm³/mol. The van der Waals surface area contributed by atoms with Crippen molar-refractivity contribution in [2.45, 2.75) is 18.9 Å². The number of thiazole rings is 1. The molecule has 1 aromatic heterocycles. The summed E-state index contributed by atoms with van der Waals surface area (Å²) in [5.74, 6) is -0.257. The molecule has 0 radical (unpaired) electrons. The molecule has 2 aromatic carbocycles. The van der Waals surface area contributed by atoms with Crippen molar-refractivity contribution in [2.24, 2.45) is 0 Å². The molecular formula is C26H31N5O4S2. The number of carbonyl (C=O) groups is 1. The van der Waals surface area contributed by atoms with Crippen LogP contribution in [0.2, 0.25) is 0 Å². The number of morpholine rings is 1. The zero-order valence-corrected chi connectivity index (χ0v) is 22.4. The van der Waals surface area contributed by atoms with Gasteiger partial charge in [-0.05, 0) is 37.1 Å². The summed E-state index contributed by atoms with van der Waals surface area (Å²) in [6.45, 7) is 4.44. The third-order valence-electron chi connectivity index (χ3n) is 6.59. The highest BCUT2D eigenvalue weighted by atomic mass is 32.2. The summed E-state index contributed by atoms with van der Waals surface area (Å²) in [5.41, 5.74) is 4.13. The fourth-order valence-corrected chi connectivity index (χ4v) is 6.49. The Morgan fingerprint density at radius 1 is 0.973 bits per heavy atom. The highest BCUT2D eigenvalue weighted by Gasteiger charge is 2.24. The molecule has 3 heterocycles. The predicted octanol–water partition coefficient (Wildman–Crippen LogP) is 3.42. The van der Waals surface area contributed by atoms with Gasteiger partial charge in [0.05, 0.1) is 30.8 Å². The number of hydrogen-bond donors (Lipinski definition) is 2. The van der Waals surface area contributed by atoms with Crippen molar-refractivity contribution in [3.05, 3.63) is 59.6 Å². The monoisotopic (exact) mass is 541 g/mol. The number of anilines is 3. The fourth-order valence-electron chi connectivity index (χ4n) is 4.82. The number of para-hydroxylation sites is 3. The Morgan fingerprint density at radius 3 is 2.35 bits per heavy atom. The second-order valence-electron chi connectivity index (χ2n) is 9.28. The first-order valence-electron chi connectivity index (χ1n) is 12.4. The standard InChI is InChI=1S/C26H31N5O4S2/c1-37(33,34)29-19-10-12-30(13-11-19)24-9-5-3-7-21(24)27-25(32)22-18-36-26(28-22)20-6-2-4-8-23(20)31-14-16-35-17-15-31/h2-9,18-19,29H,10-17H2,1H3,(H,27,32). The van der Waals surface area contributed by atoms with Crippen LogP contribution >= 0.6 is 11.3 Å². The van der Waals surface area contributed by atoms with E-state index >= 15 is 0 Å². The van der Waals surface area contributed by atoms with Crippen LogP contribution in [0.5, 0.6) is 0 Å². The zero-order valence-electron chi connectivity index (χ0n) is 20.7. The maximum absolute atomic E-state index is 13.2. The van der Waals surface area contributed by atoms with Crippen LogP contribution in [0.15, 0.2) is 53.9 Å². The molecule has 9 nitrogen and oxygen atoms in total. The number of benzene rings is 2. The minimum Gasteiger partial charge on any atom is -0.378 e. The van der Waals surface area contributed by atoms with Gasteiger partial charge in [0, 0.05) is 48.9 Å². The smallest absolute Gasteiger partial charge is 0.275 e. The molecule has 0 bridgehead atoms. The second-order valence-corrected chi connectivity index (χ2v) is 11.9. The molecule has 2 fully saturated rings. The van der Waals surface area contributed by atoms with Gasteiger partial charge in [-0.25, -0.2) is 18.1 Å². The molecule has 0 saturated carbocycles. The van der Waals surface area contributed by atoms with E-state index in [9.17, 15) is 13.2 Å². The average molecular weight is 542 g/mol. The normalized spacial score (nSPS) is 17.1. The van der Waals surface area contributed by atoms with Crippen LogP contribution < -0.4 is 19.8 Å². The number of piperidine rings is 1. The van der Waals surface area contributed by atoms with Gasteiger partial charge in [-0.2, -0.15) is 0 Å². The van der Waals surface area contributed by atoms with Crippen LogP contribution in [-0.2, 0) is 14.8 Å². The van der Waals surface area contributed by atoms with Crippen molar-refractivity contribution >= 4 is 44.3 Å². The van der Waals surface area contributed by atoms with Gasteiger partial charge in [0.15, 0.2) is 0 Å². The summed E-state index contributed by atoms with van der Waals surface area (Å²) in [4.78, 5) is 22.4. The molecule has 196 valence electrons. The van der Waals surface area contributed by atoms with Crippen LogP contribution in [-0.4, -0.2) is 71.0 Å². The molecule has 0 unspecified atom stereocenters. The number of ether oxygens (including phenoxy) is 1. The maximum Gasteiger partial charge on any atom is 0.275 e. The summed E-state index contributed by atoms with van der Waals surface area (Å²) in [7, 11) is -3.23. The number of aromatic nitrogens is 1. The van der Waals surface area contributed by atoms with E-state index in [4.69, 9.17) is 4.74 Å². The van der Waals surface area contributed by atoms with Gasteiger partial charge in [-0.3, -0.25) is 4.79 Å². The lowest BCUT2D eigenvalue weighted by molar-refractivity contribution is 0.102. The van der Waals surface area contributed by atoms with E-state index in [0.29, 0.717) is 50.5 Å². The summed E-state index contributed by atoms with van der Waals surface area (Å²) in [5, 5.41) is 5.65. The number of nitrogens with one attached hydrogen (secondary N) is 2. The molecule has 0 spiro atoms. The van der Waals surface area contributed by atoms with Crippen molar-refractivity contribution in [3.63, 3.8) is 0 Å². The van der Waals surface area contributed by atoms with Crippen LogP contribution in [0.1, 0.15) is 23.3 Å². The summed E-state index contributed by atoms with van der Waals surface area (Å²) >= 11 is 1.46. The van der Waals surface area contributed by atoms with Gasteiger partial charge in [0.1, 0.15) is 10.7 Å². The average Bonchev–Trinajstić information content (AvgIpc) is 3.40. The molecule has 2 saturated heterocycles. The number of amides is 1. The number of sulfonamides is 1. The largest absolute Gasteiger partial charge is 0.378 e. The maximum atomic E-state index is 13.2. The molecule has 1 amide bonds.